The van der Waals surface area contributed by atoms with Crippen LogP contribution in [0.3, 0.4) is 0 Å². The molecule has 2 aromatic rings. The second-order valence-electron chi connectivity index (χ2n) is 4.17. The Morgan fingerprint density at radius 2 is 2.42 bits per heavy atom. The highest BCUT2D eigenvalue weighted by molar-refractivity contribution is 7.09. The van der Waals surface area contributed by atoms with Crippen molar-refractivity contribution in [2.24, 2.45) is 0 Å². The Morgan fingerprint density at radius 3 is 3.26 bits per heavy atom. The molecule has 0 bridgehead atoms. The summed E-state index contributed by atoms with van der Waals surface area (Å²) in [6.07, 6.45) is 1.25. The molecule has 0 radical (unpaired) electrons. The summed E-state index contributed by atoms with van der Waals surface area (Å²) in [6, 6.07) is 7.60. The van der Waals surface area contributed by atoms with Gasteiger partial charge in [-0.2, -0.15) is 0 Å². The molecule has 1 aliphatic rings. The van der Waals surface area contributed by atoms with Gasteiger partial charge in [-0.3, -0.25) is 9.78 Å². The number of hydrogen-bond donors (Lipinski definition) is 2. The molecule has 3 rings (SSSR count). The lowest BCUT2D eigenvalue weighted by Crippen LogP contribution is -2.44. The first kappa shape index (κ1) is 12.0. The Kier molecular flexibility index (Phi) is 3.33. The van der Waals surface area contributed by atoms with Gasteiger partial charge in [0.25, 0.3) is 5.91 Å². The fraction of sp³-hybridized carbons (Fsp3) is 0.231. The molecule has 1 amide bonds. The Balaban J connectivity index is 1.60. The van der Waals surface area contributed by atoms with E-state index in [2.05, 4.69) is 15.6 Å². The zero-order valence-corrected chi connectivity index (χ0v) is 10.9. The van der Waals surface area contributed by atoms with Crippen LogP contribution in [0.1, 0.15) is 4.88 Å². The maximum atomic E-state index is 12.0. The molecule has 1 atom stereocenters. The van der Waals surface area contributed by atoms with Crippen molar-refractivity contribution in [1.29, 1.82) is 0 Å². The summed E-state index contributed by atoms with van der Waals surface area (Å²) in [7, 11) is 0. The number of anilines is 1. The Morgan fingerprint density at radius 1 is 1.53 bits per heavy atom. The molecule has 0 saturated heterocycles. The first-order valence-corrected chi connectivity index (χ1v) is 6.85. The molecule has 0 fully saturated rings. The van der Waals surface area contributed by atoms with Gasteiger partial charge in [-0.05, 0) is 12.1 Å². The number of amides is 1. The van der Waals surface area contributed by atoms with Crippen molar-refractivity contribution in [3.05, 3.63) is 40.8 Å². The molecule has 1 aliphatic heterocycles. The van der Waals surface area contributed by atoms with Gasteiger partial charge in [-0.25, -0.2) is 0 Å². The van der Waals surface area contributed by atoms with Crippen molar-refractivity contribution in [3.8, 4) is 5.75 Å². The average molecular weight is 275 g/mol. The number of nitrogens with one attached hydrogen (secondary N) is 2. The molecule has 0 aliphatic carbocycles. The van der Waals surface area contributed by atoms with Crippen LogP contribution in [0.4, 0.5) is 5.69 Å². The third kappa shape index (κ3) is 2.68. The van der Waals surface area contributed by atoms with Gasteiger partial charge >= 0.3 is 0 Å². The summed E-state index contributed by atoms with van der Waals surface area (Å²) in [5.41, 5.74) is 2.67. The number of ether oxygens (including phenoxy) is 1. The Labute approximate surface area is 114 Å². The molecule has 0 spiro atoms. The monoisotopic (exact) mass is 275 g/mol. The largest absolute Gasteiger partial charge is 0.477 e. The minimum Gasteiger partial charge on any atom is -0.477 e. The predicted octanol–water partition coefficient (Wildman–Crippen LogP) is 1.63. The second-order valence-corrected chi connectivity index (χ2v) is 5.14. The van der Waals surface area contributed by atoms with Crippen LogP contribution >= 0.6 is 11.3 Å². The lowest BCUT2D eigenvalue weighted by Gasteiger charge is -2.26. The third-order valence-electron chi connectivity index (χ3n) is 2.85. The van der Waals surface area contributed by atoms with Gasteiger partial charge in [0.1, 0.15) is 5.75 Å². The molecule has 1 unspecified atom stereocenters. The van der Waals surface area contributed by atoms with Crippen LogP contribution in [0.25, 0.3) is 0 Å². The number of rotatable bonds is 3. The highest BCUT2D eigenvalue weighted by atomic mass is 32.1. The predicted molar refractivity (Wildman–Crippen MR) is 73.3 cm³/mol. The minimum absolute atomic E-state index is 0.115. The quantitative estimate of drug-likeness (QED) is 0.893. The van der Waals surface area contributed by atoms with Crippen LogP contribution < -0.4 is 15.4 Å². The molecular weight excluding hydrogens is 262 g/mol. The topological polar surface area (TPSA) is 63.2 Å². The van der Waals surface area contributed by atoms with Crippen molar-refractivity contribution in [3.63, 3.8) is 0 Å². The highest BCUT2D eigenvalue weighted by Gasteiger charge is 2.25. The molecule has 1 aromatic heterocycles. The van der Waals surface area contributed by atoms with Gasteiger partial charge < -0.3 is 15.4 Å². The highest BCUT2D eigenvalue weighted by Crippen LogP contribution is 2.28. The van der Waals surface area contributed by atoms with E-state index in [9.17, 15) is 4.79 Å². The first-order valence-electron chi connectivity index (χ1n) is 5.97. The number of hydrogen-bond acceptors (Lipinski definition) is 5. The summed E-state index contributed by atoms with van der Waals surface area (Å²) in [4.78, 5) is 17.0. The van der Waals surface area contributed by atoms with E-state index in [1.54, 1.807) is 11.7 Å². The van der Waals surface area contributed by atoms with E-state index in [0.29, 0.717) is 18.8 Å². The zero-order chi connectivity index (χ0) is 13.1. The molecule has 2 N–H and O–H groups in total. The number of carbonyl (C=O) groups excluding carboxylic acids is 1. The molecule has 0 saturated carbocycles. The van der Waals surface area contributed by atoms with E-state index in [0.717, 1.165) is 10.6 Å². The fourth-order valence-electron chi connectivity index (χ4n) is 1.88. The maximum absolute atomic E-state index is 12.0. The number of benzene rings is 1. The van der Waals surface area contributed by atoms with E-state index in [1.165, 1.54) is 11.3 Å². The molecule has 6 heteroatoms. The molecule has 2 heterocycles. The number of thiazole rings is 1. The summed E-state index contributed by atoms with van der Waals surface area (Å²) < 4.78 is 5.68. The molecule has 98 valence electrons. The van der Waals surface area contributed by atoms with Crippen LogP contribution in [-0.4, -0.2) is 23.5 Å². The van der Waals surface area contributed by atoms with Gasteiger partial charge in [0.15, 0.2) is 6.10 Å². The van der Waals surface area contributed by atoms with Crippen molar-refractivity contribution in [2.75, 3.05) is 11.9 Å². The first-order chi connectivity index (χ1) is 9.33. The van der Waals surface area contributed by atoms with Crippen LogP contribution in [-0.2, 0) is 11.3 Å². The van der Waals surface area contributed by atoms with E-state index >= 15 is 0 Å². The Bertz CT molecular complexity index is 571. The third-order valence-corrected chi connectivity index (χ3v) is 3.63. The summed E-state index contributed by atoms with van der Waals surface area (Å²) >= 11 is 1.52. The van der Waals surface area contributed by atoms with Gasteiger partial charge in [0, 0.05) is 11.1 Å². The molecule has 19 heavy (non-hydrogen) atoms. The van der Waals surface area contributed by atoms with Gasteiger partial charge in [0.2, 0.25) is 0 Å². The average Bonchev–Trinajstić information content (AvgIpc) is 2.97. The zero-order valence-electron chi connectivity index (χ0n) is 10.1. The maximum Gasteiger partial charge on any atom is 0.263 e. The van der Waals surface area contributed by atoms with Gasteiger partial charge in [-0.15, -0.1) is 11.3 Å². The Hall–Kier alpha value is -2.08. The standard InChI is InChI=1S/C13H13N3O2S/c17-13(16-6-9-5-14-8-19-9)12-7-15-10-3-1-2-4-11(10)18-12/h1-5,8,12,15H,6-7H2,(H,16,17). The second kappa shape index (κ2) is 5.27. The fourth-order valence-corrected chi connectivity index (χ4v) is 2.41. The van der Waals surface area contributed by atoms with E-state index in [4.69, 9.17) is 4.74 Å². The van der Waals surface area contributed by atoms with Crippen LogP contribution in [0.5, 0.6) is 5.75 Å². The summed E-state index contributed by atoms with van der Waals surface area (Å²) in [6.45, 7) is 0.969. The number of nitrogens with zero attached hydrogens (tertiary/aromatic N) is 1. The minimum atomic E-state index is -0.497. The van der Waals surface area contributed by atoms with Crippen molar-refractivity contribution in [2.45, 2.75) is 12.6 Å². The van der Waals surface area contributed by atoms with Crippen molar-refractivity contribution in [1.82, 2.24) is 10.3 Å². The lowest BCUT2D eigenvalue weighted by atomic mass is 10.2. The lowest BCUT2D eigenvalue weighted by molar-refractivity contribution is -0.127. The SMILES string of the molecule is O=C(NCc1cncs1)C1CNc2ccccc2O1. The molecule has 1 aromatic carbocycles. The van der Waals surface area contributed by atoms with Crippen LogP contribution in [0.2, 0.25) is 0 Å². The van der Waals surface area contributed by atoms with Crippen molar-refractivity contribution < 1.29 is 9.53 Å². The number of aromatic nitrogens is 1. The molecular formula is C13H13N3O2S. The van der Waals surface area contributed by atoms with Crippen molar-refractivity contribution >= 4 is 22.9 Å². The summed E-state index contributed by atoms with van der Waals surface area (Å²) in [5.74, 6) is 0.599. The van der Waals surface area contributed by atoms with E-state index in [-0.39, 0.29) is 5.91 Å². The van der Waals surface area contributed by atoms with E-state index < -0.39 is 6.10 Å². The number of para-hydroxylation sites is 2. The van der Waals surface area contributed by atoms with E-state index in [1.807, 2.05) is 24.3 Å². The smallest absolute Gasteiger partial charge is 0.263 e. The molecule has 5 nitrogen and oxygen atoms in total. The van der Waals surface area contributed by atoms with Crippen LogP contribution in [0.15, 0.2) is 36.0 Å². The summed E-state index contributed by atoms with van der Waals surface area (Å²) in [5, 5.41) is 6.04. The number of fused-ring (bicyclic) bond motifs is 1. The normalized spacial score (nSPS) is 16.9. The van der Waals surface area contributed by atoms with Gasteiger partial charge in [-0.1, -0.05) is 12.1 Å². The van der Waals surface area contributed by atoms with Crippen LogP contribution in [0, 0.1) is 0 Å². The van der Waals surface area contributed by atoms with Gasteiger partial charge in [0.05, 0.1) is 24.3 Å². The number of carbonyl (C=O) groups is 1.